The fourth-order valence-electron chi connectivity index (χ4n) is 8.26. The van der Waals surface area contributed by atoms with Crippen LogP contribution in [0.2, 0.25) is 0 Å². The normalized spacial score (nSPS) is 15.5. The molecule has 1 heteroatoms. The number of hydrogen-bond donors (Lipinski definition) is 1. The van der Waals surface area contributed by atoms with Gasteiger partial charge in [0.25, 0.3) is 0 Å². The summed E-state index contributed by atoms with van der Waals surface area (Å²) in [5, 5.41) is 3.61. The smallest absolute Gasteiger partial charge is 0.0529 e. The second-order valence-corrected chi connectivity index (χ2v) is 13.4. The Labute approximate surface area is 308 Å². The Kier molecular flexibility index (Phi) is 9.08. The summed E-state index contributed by atoms with van der Waals surface area (Å²) < 4.78 is 0. The summed E-state index contributed by atoms with van der Waals surface area (Å²) in [6.45, 7) is 7.98. The van der Waals surface area contributed by atoms with Gasteiger partial charge in [-0.1, -0.05) is 189 Å². The number of rotatable bonds is 10. The van der Waals surface area contributed by atoms with Crippen LogP contribution in [0.1, 0.15) is 45.4 Å². The molecule has 0 heterocycles. The van der Waals surface area contributed by atoms with Gasteiger partial charge in [0.05, 0.1) is 5.41 Å². The molecule has 0 spiro atoms. The van der Waals surface area contributed by atoms with E-state index in [4.69, 9.17) is 0 Å². The number of fused-ring (bicyclic) bond motifs is 3. The molecule has 1 atom stereocenters. The van der Waals surface area contributed by atoms with Crippen LogP contribution in [-0.2, 0) is 5.41 Å². The maximum absolute atomic E-state index is 3.99. The molecule has 1 unspecified atom stereocenters. The van der Waals surface area contributed by atoms with Gasteiger partial charge in [-0.3, -0.25) is 0 Å². The molecular weight excluding hydrogens is 627 g/mol. The van der Waals surface area contributed by atoms with Crippen LogP contribution in [0.3, 0.4) is 0 Å². The minimum atomic E-state index is -0.272. The molecule has 0 aromatic heterocycles. The highest BCUT2D eigenvalue weighted by Crippen LogP contribution is 2.61. The Bertz CT molecular complexity index is 2290. The van der Waals surface area contributed by atoms with E-state index >= 15 is 0 Å². The first-order valence-electron chi connectivity index (χ1n) is 18.0. The van der Waals surface area contributed by atoms with Crippen molar-refractivity contribution in [2.75, 3.05) is 5.32 Å². The van der Waals surface area contributed by atoms with Crippen molar-refractivity contribution in [2.45, 2.75) is 11.8 Å². The third kappa shape index (κ3) is 5.91. The SMILES string of the molecule is C=CC(C=C)=C(/C=C/c1ccc(Nc2ccc(C3=C4c5ccccc5C(c5ccccc5)(c5ccccc5)C4CC=C3)cc2)cc1)c1ccccc1. The van der Waals surface area contributed by atoms with Crippen LogP contribution in [0.25, 0.3) is 22.8 Å². The standard InChI is InChI=1S/C51H41N/c1-3-38(4-2)45(39-17-8-5-9-18-39)36-29-37-27-32-43(33-28-37)52-44-34-30-40(31-35-44)46-24-16-26-49-50(46)47-23-14-15-25-48(47)51(49,41-19-10-6-11-20-41)42-21-12-7-13-22-42/h3-25,27-36,49,52H,1-2,26H2/b36-29+. The van der Waals surface area contributed by atoms with Gasteiger partial charge in [0.2, 0.25) is 0 Å². The van der Waals surface area contributed by atoms with Gasteiger partial charge in [-0.25, -0.2) is 0 Å². The fraction of sp³-hybridized carbons (Fsp3) is 0.0588. The van der Waals surface area contributed by atoms with Crippen molar-refractivity contribution < 1.29 is 0 Å². The largest absolute Gasteiger partial charge is 0.356 e. The van der Waals surface area contributed by atoms with Crippen LogP contribution in [-0.4, -0.2) is 0 Å². The molecule has 52 heavy (non-hydrogen) atoms. The number of allylic oxidation sites excluding steroid dienone is 9. The number of hydrogen-bond acceptors (Lipinski definition) is 1. The van der Waals surface area contributed by atoms with Crippen LogP contribution in [0, 0.1) is 5.92 Å². The van der Waals surface area contributed by atoms with Crippen molar-refractivity contribution in [3.05, 3.63) is 252 Å². The maximum Gasteiger partial charge on any atom is 0.0529 e. The zero-order valence-corrected chi connectivity index (χ0v) is 29.3. The van der Waals surface area contributed by atoms with E-state index < -0.39 is 0 Å². The fourth-order valence-corrected chi connectivity index (χ4v) is 8.26. The molecule has 0 fully saturated rings. The van der Waals surface area contributed by atoms with E-state index in [0.29, 0.717) is 0 Å². The Morgan fingerprint density at radius 2 is 1.17 bits per heavy atom. The van der Waals surface area contributed by atoms with Crippen LogP contribution in [0.5, 0.6) is 0 Å². The minimum Gasteiger partial charge on any atom is -0.356 e. The first-order valence-corrected chi connectivity index (χ1v) is 18.0. The Morgan fingerprint density at radius 1 is 0.615 bits per heavy atom. The van der Waals surface area contributed by atoms with Crippen LogP contribution in [0.15, 0.2) is 213 Å². The summed E-state index contributed by atoms with van der Waals surface area (Å²) in [4.78, 5) is 0. The average Bonchev–Trinajstić information content (AvgIpc) is 3.53. The zero-order valence-electron chi connectivity index (χ0n) is 29.3. The highest BCUT2D eigenvalue weighted by molar-refractivity contribution is 6.02. The first-order chi connectivity index (χ1) is 25.7. The van der Waals surface area contributed by atoms with E-state index in [-0.39, 0.29) is 11.3 Å². The molecular formula is C51H41N. The second kappa shape index (κ2) is 14.4. The topological polar surface area (TPSA) is 12.0 Å². The lowest BCUT2D eigenvalue weighted by atomic mass is 9.62. The predicted octanol–water partition coefficient (Wildman–Crippen LogP) is 13.1. The number of nitrogens with one attached hydrogen (secondary N) is 1. The summed E-state index contributed by atoms with van der Waals surface area (Å²) in [6.07, 6.45) is 13.7. The molecule has 0 saturated heterocycles. The number of benzene rings is 6. The number of anilines is 2. The average molecular weight is 668 g/mol. The lowest BCUT2D eigenvalue weighted by Gasteiger charge is -2.39. The molecule has 0 radical (unpaired) electrons. The monoisotopic (exact) mass is 667 g/mol. The van der Waals surface area contributed by atoms with Gasteiger partial charge < -0.3 is 5.32 Å². The molecule has 6 aromatic rings. The quantitative estimate of drug-likeness (QED) is 0.143. The summed E-state index contributed by atoms with van der Waals surface area (Å²) >= 11 is 0. The van der Waals surface area contributed by atoms with E-state index in [9.17, 15) is 0 Å². The van der Waals surface area contributed by atoms with Gasteiger partial charge in [0.1, 0.15) is 0 Å². The van der Waals surface area contributed by atoms with Gasteiger partial charge in [0.15, 0.2) is 0 Å². The van der Waals surface area contributed by atoms with Crippen molar-refractivity contribution in [3.63, 3.8) is 0 Å². The van der Waals surface area contributed by atoms with Gasteiger partial charge in [-0.2, -0.15) is 0 Å². The summed E-state index contributed by atoms with van der Waals surface area (Å²) in [7, 11) is 0. The minimum absolute atomic E-state index is 0.272. The molecule has 0 aliphatic heterocycles. The van der Waals surface area contributed by atoms with E-state index in [1.807, 2.05) is 18.2 Å². The summed E-state index contributed by atoms with van der Waals surface area (Å²) in [6, 6.07) is 59.1. The van der Waals surface area contributed by atoms with Gasteiger partial charge in [-0.05, 0) is 91.9 Å². The van der Waals surface area contributed by atoms with Gasteiger partial charge in [-0.15, -0.1) is 0 Å². The van der Waals surface area contributed by atoms with Crippen molar-refractivity contribution in [3.8, 4) is 0 Å². The van der Waals surface area contributed by atoms with Crippen LogP contribution >= 0.6 is 0 Å². The maximum atomic E-state index is 3.99. The molecule has 1 nitrogen and oxygen atoms in total. The third-order valence-electron chi connectivity index (χ3n) is 10.6. The zero-order chi connectivity index (χ0) is 35.3. The molecule has 1 N–H and O–H groups in total. The van der Waals surface area contributed by atoms with Gasteiger partial charge >= 0.3 is 0 Å². The van der Waals surface area contributed by atoms with Crippen LogP contribution in [0.4, 0.5) is 11.4 Å². The van der Waals surface area contributed by atoms with Gasteiger partial charge in [0, 0.05) is 17.3 Å². The predicted molar refractivity (Wildman–Crippen MR) is 222 cm³/mol. The molecule has 0 saturated carbocycles. The molecule has 8 rings (SSSR count). The Balaban J connectivity index is 1.08. The highest BCUT2D eigenvalue weighted by Gasteiger charge is 2.52. The third-order valence-corrected chi connectivity index (χ3v) is 10.6. The molecule has 250 valence electrons. The van der Waals surface area contributed by atoms with Crippen molar-refractivity contribution in [2.24, 2.45) is 5.92 Å². The first kappa shape index (κ1) is 32.7. The Morgan fingerprint density at radius 3 is 1.79 bits per heavy atom. The molecule has 6 aromatic carbocycles. The van der Waals surface area contributed by atoms with Crippen molar-refractivity contribution in [1.82, 2.24) is 0 Å². The van der Waals surface area contributed by atoms with Crippen LogP contribution < -0.4 is 5.32 Å². The van der Waals surface area contributed by atoms with E-state index in [1.165, 1.54) is 39.0 Å². The van der Waals surface area contributed by atoms with E-state index in [2.05, 4.69) is 201 Å². The highest BCUT2D eigenvalue weighted by atomic mass is 14.9. The van der Waals surface area contributed by atoms with Crippen molar-refractivity contribution in [1.29, 1.82) is 0 Å². The van der Waals surface area contributed by atoms with Crippen molar-refractivity contribution >= 4 is 34.2 Å². The Hall–Kier alpha value is -6.44. The molecule has 0 bridgehead atoms. The second-order valence-electron chi connectivity index (χ2n) is 13.4. The summed E-state index contributed by atoms with van der Waals surface area (Å²) in [5.74, 6) is 0.277. The lowest BCUT2D eigenvalue weighted by Crippen LogP contribution is -2.34. The summed E-state index contributed by atoms with van der Waals surface area (Å²) in [5.41, 5.74) is 15.6. The molecule has 2 aliphatic rings. The lowest BCUT2D eigenvalue weighted by molar-refractivity contribution is 0.485. The molecule has 0 amide bonds. The van der Waals surface area contributed by atoms with E-state index in [0.717, 1.165) is 40.1 Å². The molecule has 2 aliphatic carbocycles. The van der Waals surface area contributed by atoms with E-state index in [1.54, 1.807) is 0 Å².